The van der Waals surface area contributed by atoms with Crippen LogP contribution in [0.1, 0.15) is 29.9 Å². The molecule has 1 unspecified atom stereocenters. The molecule has 5 rings (SSSR count). The molecule has 8 heteroatoms. The van der Waals surface area contributed by atoms with E-state index in [1.807, 2.05) is 24.3 Å². The van der Waals surface area contributed by atoms with Gasteiger partial charge in [0.15, 0.2) is 5.60 Å². The number of aliphatic hydroxyl groups is 1. The minimum absolute atomic E-state index is 0.0265. The van der Waals surface area contributed by atoms with E-state index in [4.69, 9.17) is 9.84 Å². The number of carbonyl (C=O) groups is 3. The SMILES string of the molecule is O=C(NC1CC=C(C(=O)N2CC(O)(C(=O)O)C2)C1)OCC1c2ccccc2-c2ccccc21. The zero-order valence-corrected chi connectivity index (χ0v) is 17.9. The van der Waals surface area contributed by atoms with Crippen LogP contribution in [0.15, 0.2) is 60.2 Å². The van der Waals surface area contributed by atoms with Crippen molar-refractivity contribution in [3.05, 3.63) is 71.3 Å². The summed E-state index contributed by atoms with van der Waals surface area (Å²) in [6.45, 7) is -0.251. The molecule has 1 fully saturated rings. The lowest BCUT2D eigenvalue weighted by Crippen LogP contribution is -2.67. The van der Waals surface area contributed by atoms with E-state index in [1.54, 1.807) is 6.08 Å². The molecule has 0 aromatic heterocycles. The van der Waals surface area contributed by atoms with Gasteiger partial charge in [-0.3, -0.25) is 4.79 Å². The summed E-state index contributed by atoms with van der Waals surface area (Å²) in [4.78, 5) is 37.3. The number of nitrogens with one attached hydrogen (secondary N) is 1. The fourth-order valence-corrected chi connectivity index (χ4v) is 4.88. The number of carboxylic acids is 1. The number of nitrogens with zero attached hydrogens (tertiary/aromatic N) is 1. The van der Waals surface area contributed by atoms with Crippen molar-refractivity contribution in [3.63, 3.8) is 0 Å². The van der Waals surface area contributed by atoms with Crippen LogP contribution in [-0.2, 0) is 14.3 Å². The maximum Gasteiger partial charge on any atom is 0.407 e. The van der Waals surface area contributed by atoms with Crippen molar-refractivity contribution in [1.29, 1.82) is 0 Å². The molecule has 2 amide bonds. The highest BCUT2D eigenvalue weighted by atomic mass is 16.5. The minimum atomic E-state index is -1.87. The molecule has 0 radical (unpaired) electrons. The van der Waals surface area contributed by atoms with Gasteiger partial charge in [-0.2, -0.15) is 0 Å². The Bertz CT molecular complexity index is 1120. The van der Waals surface area contributed by atoms with E-state index in [9.17, 15) is 19.5 Å². The van der Waals surface area contributed by atoms with Crippen molar-refractivity contribution in [3.8, 4) is 11.1 Å². The molecule has 2 aliphatic carbocycles. The molecule has 1 aliphatic heterocycles. The van der Waals surface area contributed by atoms with Gasteiger partial charge in [0.2, 0.25) is 5.91 Å². The minimum Gasteiger partial charge on any atom is -0.479 e. The molecule has 0 bridgehead atoms. The molecule has 33 heavy (non-hydrogen) atoms. The molecule has 1 atom stereocenters. The molecule has 170 valence electrons. The first-order valence-corrected chi connectivity index (χ1v) is 10.9. The summed E-state index contributed by atoms with van der Waals surface area (Å²) in [6, 6.07) is 16.0. The number of hydrogen-bond acceptors (Lipinski definition) is 5. The molecule has 3 N–H and O–H groups in total. The average Bonchev–Trinajstić information content (AvgIpc) is 3.37. The van der Waals surface area contributed by atoms with E-state index in [2.05, 4.69) is 29.6 Å². The Morgan fingerprint density at radius 3 is 2.24 bits per heavy atom. The number of rotatable bonds is 5. The molecule has 1 heterocycles. The Labute approximate surface area is 190 Å². The molecule has 2 aromatic rings. The van der Waals surface area contributed by atoms with Gasteiger partial charge in [-0.15, -0.1) is 0 Å². The lowest BCUT2D eigenvalue weighted by atomic mass is 9.93. The van der Waals surface area contributed by atoms with Crippen LogP contribution in [0.3, 0.4) is 0 Å². The quantitative estimate of drug-likeness (QED) is 0.646. The normalized spacial score (nSPS) is 20.3. The van der Waals surface area contributed by atoms with Crippen LogP contribution < -0.4 is 5.32 Å². The number of β-amino-alcohol motifs (C(OH)–C–C–N with tert-alkyl or cyclic N) is 1. The third-order valence-electron chi connectivity index (χ3n) is 6.65. The van der Waals surface area contributed by atoms with E-state index in [0.717, 1.165) is 22.3 Å². The van der Waals surface area contributed by atoms with Gasteiger partial charge >= 0.3 is 12.1 Å². The number of benzene rings is 2. The van der Waals surface area contributed by atoms with Crippen LogP contribution >= 0.6 is 0 Å². The van der Waals surface area contributed by atoms with Crippen LogP contribution in [-0.4, -0.2) is 64.4 Å². The maximum absolute atomic E-state index is 12.5. The van der Waals surface area contributed by atoms with E-state index in [1.165, 1.54) is 4.90 Å². The zero-order chi connectivity index (χ0) is 23.2. The molecule has 2 aromatic carbocycles. The summed E-state index contributed by atoms with van der Waals surface area (Å²) in [6.07, 6.45) is 2.04. The number of hydrogen-bond donors (Lipinski definition) is 3. The largest absolute Gasteiger partial charge is 0.479 e. The molecular weight excluding hydrogens is 424 g/mol. The summed E-state index contributed by atoms with van der Waals surface area (Å²) in [5.74, 6) is -1.67. The summed E-state index contributed by atoms with van der Waals surface area (Å²) >= 11 is 0. The lowest BCUT2D eigenvalue weighted by molar-refractivity contribution is -0.180. The molecule has 0 spiro atoms. The van der Waals surface area contributed by atoms with Crippen LogP contribution in [0.5, 0.6) is 0 Å². The summed E-state index contributed by atoms with van der Waals surface area (Å²) in [5, 5.41) is 21.6. The van der Waals surface area contributed by atoms with Crippen molar-refractivity contribution in [1.82, 2.24) is 10.2 Å². The third kappa shape index (κ3) is 3.76. The fourth-order valence-electron chi connectivity index (χ4n) is 4.88. The van der Waals surface area contributed by atoms with E-state index in [0.29, 0.717) is 18.4 Å². The number of carbonyl (C=O) groups excluding carboxylic acids is 2. The molecule has 3 aliphatic rings. The van der Waals surface area contributed by atoms with Crippen LogP contribution in [0, 0.1) is 0 Å². The maximum atomic E-state index is 12.5. The Morgan fingerprint density at radius 2 is 1.64 bits per heavy atom. The van der Waals surface area contributed by atoms with Crippen LogP contribution in [0.25, 0.3) is 11.1 Å². The van der Waals surface area contributed by atoms with Crippen molar-refractivity contribution in [2.24, 2.45) is 0 Å². The Morgan fingerprint density at radius 1 is 1.03 bits per heavy atom. The first-order chi connectivity index (χ1) is 15.9. The second-order valence-electron chi connectivity index (χ2n) is 8.83. The van der Waals surface area contributed by atoms with Crippen LogP contribution in [0.2, 0.25) is 0 Å². The van der Waals surface area contributed by atoms with Crippen molar-refractivity contribution in [2.45, 2.75) is 30.4 Å². The number of aliphatic carboxylic acids is 1. The number of ether oxygens (including phenoxy) is 1. The smallest absolute Gasteiger partial charge is 0.407 e. The summed E-state index contributed by atoms with van der Waals surface area (Å²) < 4.78 is 5.56. The molecule has 1 saturated heterocycles. The molecule has 8 nitrogen and oxygen atoms in total. The first-order valence-electron chi connectivity index (χ1n) is 10.9. The van der Waals surface area contributed by atoms with Gasteiger partial charge in [0.25, 0.3) is 0 Å². The molecule has 0 saturated carbocycles. The van der Waals surface area contributed by atoms with Crippen molar-refractivity contribution >= 4 is 18.0 Å². The lowest BCUT2D eigenvalue weighted by Gasteiger charge is -2.43. The Kier molecular flexibility index (Phi) is 5.17. The van der Waals surface area contributed by atoms with E-state index in [-0.39, 0.29) is 37.6 Å². The van der Waals surface area contributed by atoms with Crippen LogP contribution in [0.4, 0.5) is 4.79 Å². The topological polar surface area (TPSA) is 116 Å². The Hall–Kier alpha value is -3.65. The van der Waals surface area contributed by atoms with Gasteiger partial charge in [0.1, 0.15) is 6.61 Å². The van der Waals surface area contributed by atoms with Gasteiger partial charge in [-0.1, -0.05) is 54.6 Å². The first kappa shape index (κ1) is 21.2. The van der Waals surface area contributed by atoms with E-state index < -0.39 is 17.7 Å². The van der Waals surface area contributed by atoms with Gasteiger partial charge in [0, 0.05) is 17.5 Å². The highest BCUT2D eigenvalue weighted by Crippen LogP contribution is 2.44. The Balaban J connectivity index is 1.14. The standard InChI is InChI=1S/C25H24N2O6/c28-22(27-13-25(32,14-27)23(29)30)15-9-10-16(11-15)26-24(31)33-12-21-19-7-3-1-5-17(19)18-6-2-4-8-20(18)21/h1-9,16,21,32H,10-14H2,(H,26,31)(H,29,30). The number of amides is 2. The van der Waals surface area contributed by atoms with Gasteiger partial charge in [-0.25, -0.2) is 9.59 Å². The number of alkyl carbamates (subject to hydrolysis) is 1. The van der Waals surface area contributed by atoms with Crippen molar-refractivity contribution < 1.29 is 29.3 Å². The van der Waals surface area contributed by atoms with Gasteiger partial charge in [-0.05, 0) is 35.1 Å². The second kappa shape index (κ2) is 8.04. The average molecular weight is 448 g/mol. The van der Waals surface area contributed by atoms with E-state index >= 15 is 0 Å². The molecular formula is C25H24N2O6. The van der Waals surface area contributed by atoms with Gasteiger partial charge < -0.3 is 25.2 Å². The third-order valence-corrected chi connectivity index (χ3v) is 6.65. The monoisotopic (exact) mass is 448 g/mol. The number of carboxylic acid groups (broad SMARTS) is 1. The second-order valence-corrected chi connectivity index (χ2v) is 8.83. The summed E-state index contributed by atoms with van der Waals surface area (Å²) in [5.41, 5.74) is 3.23. The van der Waals surface area contributed by atoms with Gasteiger partial charge in [0.05, 0.1) is 13.1 Å². The number of likely N-dealkylation sites (tertiary alicyclic amines) is 1. The predicted octanol–water partition coefficient (Wildman–Crippen LogP) is 2.27. The van der Waals surface area contributed by atoms with Crippen molar-refractivity contribution in [2.75, 3.05) is 19.7 Å². The fraction of sp³-hybridized carbons (Fsp3) is 0.320. The predicted molar refractivity (Wildman–Crippen MR) is 118 cm³/mol. The highest BCUT2D eigenvalue weighted by molar-refractivity contribution is 5.96. The summed E-state index contributed by atoms with van der Waals surface area (Å²) in [7, 11) is 0. The highest BCUT2D eigenvalue weighted by Gasteiger charge is 2.50. The zero-order valence-electron chi connectivity index (χ0n) is 17.9. The number of fused-ring (bicyclic) bond motifs is 3.